The Morgan fingerprint density at radius 1 is 1.38 bits per heavy atom. The molecule has 1 fully saturated rings. The number of hydrogen-bond donors (Lipinski definition) is 1. The predicted octanol–water partition coefficient (Wildman–Crippen LogP) is 0.816. The van der Waals surface area contributed by atoms with E-state index in [4.69, 9.17) is 0 Å². The second-order valence-electron chi connectivity index (χ2n) is 6.24. The fourth-order valence-corrected chi connectivity index (χ4v) is 2.93. The number of likely N-dealkylation sites (tertiary alicyclic amines) is 1. The molecule has 21 heavy (non-hydrogen) atoms. The van der Waals surface area contributed by atoms with Crippen LogP contribution < -0.4 is 5.32 Å². The minimum absolute atomic E-state index is 0.0268. The lowest BCUT2D eigenvalue weighted by Gasteiger charge is -2.31. The number of fused-ring (bicyclic) bond motifs is 1. The van der Waals surface area contributed by atoms with Gasteiger partial charge in [-0.2, -0.15) is 0 Å². The smallest absolute Gasteiger partial charge is 0.274 e. The first-order chi connectivity index (χ1) is 10.1. The summed E-state index contributed by atoms with van der Waals surface area (Å²) in [4.78, 5) is 30.5. The molecular weight excluding hydrogens is 268 g/mol. The quantitative estimate of drug-likeness (QED) is 0.896. The Balaban J connectivity index is 1.72. The monoisotopic (exact) mass is 290 g/mol. The second-order valence-corrected chi connectivity index (χ2v) is 6.24. The molecule has 114 valence electrons. The molecule has 0 spiro atoms. The molecule has 0 saturated carbocycles. The maximum atomic E-state index is 12.3. The number of amides is 2. The molecule has 1 unspecified atom stereocenters. The summed E-state index contributed by atoms with van der Waals surface area (Å²) in [7, 11) is 0. The molecule has 0 aliphatic carbocycles. The first-order valence-corrected chi connectivity index (χ1v) is 7.70. The van der Waals surface area contributed by atoms with Crippen molar-refractivity contribution in [2.45, 2.75) is 45.7 Å². The number of rotatable bonds is 3. The average molecular weight is 290 g/mol. The normalized spacial score (nSPS) is 20.9. The molecule has 3 rings (SSSR count). The molecule has 1 aromatic heterocycles. The van der Waals surface area contributed by atoms with Crippen molar-refractivity contribution < 1.29 is 9.59 Å². The third-order valence-electron chi connectivity index (χ3n) is 4.24. The maximum Gasteiger partial charge on any atom is 0.274 e. The Morgan fingerprint density at radius 3 is 2.76 bits per heavy atom. The van der Waals surface area contributed by atoms with Crippen molar-refractivity contribution in [3.8, 4) is 0 Å². The summed E-state index contributed by atoms with van der Waals surface area (Å²) in [6.45, 7) is 6.23. The van der Waals surface area contributed by atoms with Crippen LogP contribution in [0.4, 0.5) is 0 Å². The fourth-order valence-electron chi connectivity index (χ4n) is 2.93. The summed E-state index contributed by atoms with van der Waals surface area (Å²) < 4.78 is 1.97. The Kier molecular flexibility index (Phi) is 3.69. The van der Waals surface area contributed by atoms with E-state index in [-0.39, 0.29) is 23.8 Å². The van der Waals surface area contributed by atoms with Crippen molar-refractivity contribution in [3.63, 3.8) is 0 Å². The minimum Gasteiger partial charge on any atom is -0.354 e. The zero-order chi connectivity index (χ0) is 15.0. The van der Waals surface area contributed by atoms with E-state index < -0.39 is 0 Å². The van der Waals surface area contributed by atoms with Crippen molar-refractivity contribution >= 4 is 11.8 Å². The molecule has 1 aromatic rings. The highest BCUT2D eigenvalue weighted by atomic mass is 16.2. The van der Waals surface area contributed by atoms with Gasteiger partial charge in [0.2, 0.25) is 5.91 Å². The molecule has 0 aromatic carbocycles. The zero-order valence-electron chi connectivity index (χ0n) is 12.6. The lowest BCUT2D eigenvalue weighted by molar-refractivity contribution is -0.126. The number of nitrogens with zero attached hydrogens (tertiary/aromatic N) is 3. The van der Waals surface area contributed by atoms with E-state index in [1.165, 1.54) is 0 Å². The highest BCUT2D eigenvalue weighted by Gasteiger charge is 2.31. The van der Waals surface area contributed by atoms with E-state index in [1.54, 1.807) is 6.33 Å². The van der Waals surface area contributed by atoms with E-state index in [1.807, 2.05) is 23.3 Å². The summed E-state index contributed by atoms with van der Waals surface area (Å²) in [6.07, 6.45) is 4.31. The Bertz CT molecular complexity index is 560. The van der Waals surface area contributed by atoms with Gasteiger partial charge >= 0.3 is 0 Å². The summed E-state index contributed by atoms with van der Waals surface area (Å²) in [6, 6.07) is 0.158. The third-order valence-corrected chi connectivity index (χ3v) is 4.24. The second kappa shape index (κ2) is 5.50. The molecule has 2 amide bonds. The van der Waals surface area contributed by atoms with Gasteiger partial charge < -0.3 is 14.8 Å². The Morgan fingerprint density at radius 2 is 2.14 bits per heavy atom. The van der Waals surface area contributed by atoms with Gasteiger partial charge in [-0.3, -0.25) is 9.59 Å². The van der Waals surface area contributed by atoms with Crippen molar-refractivity contribution in [3.05, 3.63) is 17.7 Å². The molecule has 6 heteroatoms. The van der Waals surface area contributed by atoms with Gasteiger partial charge in [0, 0.05) is 25.7 Å². The lowest BCUT2D eigenvalue weighted by atomic mass is 9.95. The van der Waals surface area contributed by atoms with Crippen molar-refractivity contribution in [2.75, 3.05) is 13.1 Å². The molecule has 1 N–H and O–H groups in total. The maximum absolute atomic E-state index is 12.3. The molecule has 1 atom stereocenters. The number of aromatic nitrogens is 2. The van der Waals surface area contributed by atoms with E-state index in [2.05, 4.69) is 10.3 Å². The van der Waals surface area contributed by atoms with Crippen LogP contribution in [-0.4, -0.2) is 45.4 Å². The van der Waals surface area contributed by atoms with Gasteiger partial charge in [-0.1, -0.05) is 0 Å². The standard InChI is InChI=1S/C15H22N4O2/c1-10(2)17-14(20)11-4-5-12-13(16-9-19(12)8-11)15(21)18-6-3-7-18/h9-11H,3-8H2,1-2H3,(H,17,20). The summed E-state index contributed by atoms with van der Waals surface area (Å²) in [5.41, 5.74) is 1.57. The minimum atomic E-state index is -0.0268. The van der Waals surface area contributed by atoms with Gasteiger partial charge in [0.15, 0.2) is 0 Å². The van der Waals surface area contributed by atoms with Crippen LogP contribution in [0.2, 0.25) is 0 Å². The lowest BCUT2D eigenvalue weighted by Crippen LogP contribution is -2.43. The first-order valence-electron chi connectivity index (χ1n) is 7.70. The Labute approximate surface area is 124 Å². The molecule has 1 saturated heterocycles. The molecular formula is C15H22N4O2. The van der Waals surface area contributed by atoms with Gasteiger partial charge in [-0.25, -0.2) is 4.98 Å². The van der Waals surface area contributed by atoms with Crippen molar-refractivity contribution in [2.24, 2.45) is 5.92 Å². The number of nitrogens with one attached hydrogen (secondary N) is 1. The van der Waals surface area contributed by atoms with Crippen molar-refractivity contribution in [1.29, 1.82) is 0 Å². The Hall–Kier alpha value is -1.85. The highest BCUT2D eigenvalue weighted by molar-refractivity contribution is 5.94. The molecule has 2 aliphatic rings. The van der Waals surface area contributed by atoms with Crippen LogP contribution in [0.15, 0.2) is 6.33 Å². The van der Waals surface area contributed by atoms with Gasteiger partial charge in [0.25, 0.3) is 5.91 Å². The number of hydrogen-bond acceptors (Lipinski definition) is 3. The van der Waals surface area contributed by atoms with Gasteiger partial charge in [0.1, 0.15) is 5.69 Å². The SMILES string of the molecule is CC(C)NC(=O)C1CCc2c(C(=O)N3CCC3)ncn2C1. The number of carbonyl (C=O) groups is 2. The van der Waals surface area contributed by atoms with E-state index in [9.17, 15) is 9.59 Å². The van der Waals surface area contributed by atoms with Gasteiger partial charge in [-0.05, 0) is 33.1 Å². The van der Waals surface area contributed by atoms with Crippen LogP contribution >= 0.6 is 0 Å². The van der Waals surface area contributed by atoms with Gasteiger partial charge in [-0.15, -0.1) is 0 Å². The van der Waals surface area contributed by atoms with Crippen LogP contribution in [0.1, 0.15) is 42.9 Å². The van der Waals surface area contributed by atoms with Crippen LogP contribution in [0.3, 0.4) is 0 Å². The van der Waals surface area contributed by atoms with E-state index in [0.29, 0.717) is 12.2 Å². The van der Waals surface area contributed by atoms with Crippen LogP contribution in [-0.2, 0) is 17.8 Å². The van der Waals surface area contributed by atoms with Crippen molar-refractivity contribution in [1.82, 2.24) is 19.8 Å². The largest absolute Gasteiger partial charge is 0.354 e. The fraction of sp³-hybridized carbons (Fsp3) is 0.667. The zero-order valence-corrected chi connectivity index (χ0v) is 12.6. The number of imidazole rings is 1. The van der Waals surface area contributed by atoms with Crippen LogP contribution in [0.5, 0.6) is 0 Å². The third kappa shape index (κ3) is 2.66. The predicted molar refractivity (Wildman–Crippen MR) is 77.8 cm³/mol. The average Bonchev–Trinajstić information content (AvgIpc) is 2.78. The summed E-state index contributed by atoms with van der Waals surface area (Å²) in [5, 5.41) is 2.96. The van der Waals surface area contributed by atoms with Crippen LogP contribution in [0, 0.1) is 5.92 Å². The topological polar surface area (TPSA) is 67.2 Å². The van der Waals surface area contributed by atoms with E-state index >= 15 is 0 Å². The first kappa shape index (κ1) is 14.1. The molecule has 0 bridgehead atoms. The molecule has 6 nitrogen and oxygen atoms in total. The molecule has 3 heterocycles. The molecule has 2 aliphatic heterocycles. The van der Waals surface area contributed by atoms with Crippen LogP contribution in [0.25, 0.3) is 0 Å². The highest BCUT2D eigenvalue weighted by Crippen LogP contribution is 2.24. The summed E-state index contributed by atoms with van der Waals surface area (Å²) >= 11 is 0. The number of carbonyl (C=O) groups excluding carboxylic acids is 2. The van der Waals surface area contributed by atoms with E-state index in [0.717, 1.165) is 38.0 Å². The molecule has 0 radical (unpaired) electrons. The summed E-state index contributed by atoms with van der Waals surface area (Å²) in [5.74, 6) is 0.112. The van der Waals surface area contributed by atoms with Gasteiger partial charge in [0.05, 0.1) is 17.9 Å².